The number of carbonyl (C=O) groups is 1. The van der Waals surface area contributed by atoms with Gasteiger partial charge in [0.25, 0.3) is 0 Å². The van der Waals surface area contributed by atoms with Crippen molar-refractivity contribution >= 4 is 6.09 Å². The quantitative estimate of drug-likeness (QED) is 0.684. The second-order valence-electron chi connectivity index (χ2n) is 6.65. The van der Waals surface area contributed by atoms with Gasteiger partial charge in [0, 0.05) is 18.6 Å². The van der Waals surface area contributed by atoms with E-state index in [0.29, 0.717) is 0 Å². The lowest BCUT2D eigenvalue weighted by molar-refractivity contribution is 0.00678. The molecule has 4 heteroatoms. The minimum Gasteiger partial charge on any atom is -0.444 e. The fraction of sp³-hybridized carbons (Fsp3) is 0.917. The number of likely N-dealkylation sites (tertiary alicyclic amines) is 1. The number of amides is 1. The van der Waals surface area contributed by atoms with Crippen molar-refractivity contribution in [2.75, 3.05) is 13.1 Å². The highest BCUT2D eigenvalue weighted by molar-refractivity contribution is 5.70. The van der Waals surface area contributed by atoms with Crippen molar-refractivity contribution in [3.63, 3.8) is 0 Å². The van der Waals surface area contributed by atoms with Gasteiger partial charge in [-0.3, -0.25) is 4.90 Å². The van der Waals surface area contributed by atoms with E-state index in [1.54, 1.807) is 0 Å². The van der Waals surface area contributed by atoms with E-state index in [0.717, 1.165) is 19.5 Å². The highest BCUT2D eigenvalue weighted by Gasteiger charge is 2.56. The number of nitrogens with zero attached hydrogens (tertiary/aromatic N) is 1. The molecule has 92 valence electrons. The third-order valence-corrected chi connectivity index (χ3v) is 3.44. The van der Waals surface area contributed by atoms with Crippen LogP contribution in [0.25, 0.3) is 0 Å². The summed E-state index contributed by atoms with van der Waals surface area (Å²) in [6.07, 6.45) is 0.833. The third-order valence-electron chi connectivity index (χ3n) is 3.44. The molecule has 16 heavy (non-hydrogen) atoms. The molecule has 0 saturated carbocycles. The molecule has 2 bridgehead atoms. The molecule has 0 unspecified atom stereocenters. The number of piperazine rings is 1. The predicted octanol–water partition coefficient (Wildman–Crippen LogP) is 1.75. The van der Waals surface area contributed by atoms with Crippen molar-refractivity contribution in [3.05, 3.63) is 0 Å². The maximum atomic E-state index is 12.1. The van der Waals surface area contributed by atoms with Gasteiger partial charge in [-0.1, -0.05) is 0 Å². The van der Waals surface area contributed by atoms with Gasteiger partial charge in [0.15, 0.2) is 0 Å². The Kier molecular flexibility index (Phi) is 2.29. The van der Waals surface area contributed by atoms with Crippen LogP contribution in [0.1, 0.15) is 41.0 Å². The summed E-state index contributed by atoms with van der Waals surface area (Å²) in [6.45, 7) is 11.6. The zero-order valence-electron chi connectivity index (χ0n) is 10.9. The second-order valence-corrected chi connectivity index (χ2v) is 6.65. The monoisotopic (exact) mass is 226 g/mol. The molecule has 0 radical (unpaired) electrons. The van der Waals surface area contributed by atoms with Crippen LogP contribution in [0.5, 0.6) is 0 Å². The Bertz CT molecular complexity index is 323. The van der Waals surface area contributed by atoms with Crippen LogP contribution in [0, 0.1) is 0 Å². The van der Waals surface area contributed by atoms with Gasteiger partial charge in [-0.25, -0.2) is 4.79 Å². The van der Waals surface area contributed by atoms with Crippen molar-refractivity contribution in [1.29, 1.82) is 0 Å². The number of hydrogen-bond donors (Lipinski definition) is 1. The van der Waals surface area contributed by atoms with Gasteiger partial charge in [-0.2, -0.15) is 0 Å². The lowest BCUT2D eigenvalue weighted by Gasteiger charge is -2.38. The Morgan fingerprint density at radius 2 is 2.00 bits per heavy atom. The van der Waals surface area contributed by atoms with E-state index >= 15 is 0 Å². The van der Waals surface area contributed by atoms with Crippen molar-refractivity contribution in [1.82, 2.24) is 10.2 Å². The maximum Gasteiger partial charge on any atom is 0.410 e. The van der Waals surface area contributed by atoms with Crippen LogP contribution in [-0.4, -0.2) is 40.8 Å². The van der Waals surface area contributed by atoms with E-state index in [4.69, 9.17) is 4.74 Å². The van der Waals surface area contributed by atoms with E-state index in [1.165, 1.54) is 0 Å². The fourth-order valence-corrected chi connectivity index (χ4v) is 2.81. The summed E-state index contributed by atoms with van der Waals surface area (Å²) < 4.78 is 5.44. The van der Waals surface area contributed by atoms with Crippen LogP contribution in [0.3, 0.4) is 0 Å². The van der Waals surface area contributed by atoms with Crippen molar-refractivity contribution < 1.29 is 9.53 Å². The normalized spacial score (nSPS) is 37.9. The SMILES string of the molecule is CC(C)(C)OC(=O)N1C[C@]2(C)C[C@@]1(C)CN2. The minimum absolute atomic E-state index is 0.0723. The number of fused-ring (bicyclic) bond motifs is 2. The summed E-state index contributed by atoms with van der Waals surface area (Å²) in [5.41, 5.74) is -0.410. The summed E-state index contributed by atoms with van der Waals surface area (Å²) in [6, 6.07) is 0. The molecule has 0 aromatic rings. The average Bonchev–Trinajstić information content (AvgIpc) is 2.50. The van der Waals surface area contributed by atoms with Gasteiger partial charge in [0.05, 0.1) is 5.54 Å². The maximum absolute atomic E-state index is 12.1. The zero-order valence-corrected chi connectivity index (χ0v) is 10.9. The molecule has 2 fully saturated rings. The molecule has 1 amide bonds. The van der Waals surface area contributed by atoms with Gasteiger partial charge >= 0.3 is 6.09 Å². The van der Waals surface area contributed by atoms with Crippen LogP contribution >= 0.6 is 0 Å². The third kappa shape index (κ3) is 1.90. The van der Waals surface area contributed by atoms with E-state index in [1.807, 2.05) is 25.7 Å². The van der Waals surface area contributed by atoms with Crippen molar-refractivity contribution in [3.8, 4) is 0 Å². The van der Waals surface area contributed by atoms with Gasteiger partial charge in [-0.15, -0.1) is 0 Å². The Balaban J connectivity index is 2.10. The van der Waals surface area contributed by atoms with Gasteiger partial charge in [-0.05, 0) is 41.0 Å². The van der Waals surface area contributed by atoms with Crippen LogP contribution in [0.2, 0.25) is 0 Å². The first-order valence-corrected chi connectivity index (χ1v) is 5.89. The topological polar surface area (TPSA) is 41.6 Å². The summed E-state index contributed by atoms with van der Waals surface area (Å²) in [5.74, 6) is 0. The Morgan fingerprint density at radius 1 is 1.38 bits per heavy atom. The van der Waals surface area contributed by atoms with Crippen molar-refractivity contribution in [2.24, 2.45) is 0 Å². The smallest absolute Gasteiger partial charge is 0.410 e. The first-order chi connectivity index (χ1) is 7.14. The largest absolute Gasteiger partial charge is 0.444 e. The molecule has 0 spiro atoms. The molecular formula is C12H22N2O2. The summed E-state index contributed by atoms with van der Waals surface area (Å²) in [4.78, 5) is 14.0. The Labute approximate surface area is 97.3 Å². The van der Waals surface area contributed by atoms with Crippen LogP contribution in [0.15, 0.2) is 0 Å². The first-order valence-electron chi connectivity index (χ1n) is 5.89. The molecule has 2 heterocycles. The Hall–Kier alpha value is -0.770. The molecule has 1 N–H and O–H groups in total. The second kappa shape index (κ2) is 3.13. The molecule has 0 aromatic carbocycles. The number of carbonyl (C=O) groups excluding carboxylic acids is 1. The summed E-state index contributed by atoms with van der Waals surface area (Å²) >= 11 is 0. The molecule has 2 saturated heterocycles. The van der Waals surface area contributed by atoms with E-state index in [2.05, 4.69) is 19.2 Å². The highest BCUT2D eigenvalue weighted by Crippen LogP contribution is 2.41. The minimum atomic E-state index is -0.413. The van der Waals surface area contributed by atoms with Gasteiger partial charge in [0.2, 0.25) is 0 Å². The lowest BCUT2D eigenvalue weighted by Crippen LogP contribution is -2.57. The first kappa shape index (κ1) is 11.7. The number of nitrogens with one attached hydrogen (secondary N) is 1. The van der Waals surface area contributed by atoms with E-state index in [-0.39, 0.29) is 17.2 Å². The van der Waals surface area contributed by atoms with E-state index in [9.17, 15) is 4.79 Å². The lowest BCUT2D eigenvalue weighted by atomic mass is 9.97. The molecule has 4 nitrogen and oxygen atoms in total. The zero-order chi connectivity index (χ0) is 12.2. The fourth-order valence-electron chi connectivity index (χ4n) is 2.81. The van der Waals surface area contributed by atoms with Crippen molar-refractivity contribution in [2.45, 2.75) is 57.7 Å². The molecule has 0 aromatic heterocycles. The number of rotatable bonds is 0. The average molecular weight is 226 g/mol. The molecule has 2 atom stereocenters. The van der Waals surface area contributed by atoms with E-state index < -0.39 is 5.60 Å². The van der Waals surface area contributed by atoms with Crippen LogP contribution in [0.4, 0.5) is 4.79 Å². The summed E-state index contributed by atoms with van der Waals surface area (Å²) in [5, 5.41) is 3.47. The molecule has 2 aliphatic rings. The predicted molar refractivity (Wildman–Crippen MR) is 62.4 cm³/mol. The van der Waals surface area contributed by atoms with Gasteiger partial charge in [0.1, 0.15) is 5.60 Å². The number of hydrogen-bond acceptors (Lipinski definition) is 3. The standard InChI is InChI=1S/C12H22N2O2/c1-10(2,3)16-9(15)14-8-11(4)6-12(14,5)7-13-11/h13H,6-8H2,1-5H3/t11-,12-/m0/s1. The highest BCUT2D eigenvalue weighted by atomic mass is 16.6. The summed E-state index contributed by atoms with van der Waals surface area (Å²) in [7, 11) is 0. The van der Waals surface area contributed by atoms with Crippen LogP contribution < -0.4 is 5.32 Å². The van der Waals surface area contributed by atoms with Gasteiger partial charge < -0.3 is 10.1 Å². The number of ether oxygens (including phenoxy) is 1. The Morgan fingerprint density at radius 3 is 2.38 bits per heavy atom. The molecular weight excluding hydrogens is 204 g/mol. The van der Waals surface area contributed by atoms with Crippen LogP contribution in [-0.2, 0) is 4.74 Å². The molecule has 2 aliphatic heterocycles. The molecule has 0 aliphatic carbocycles. The molecule has 2 rings (SSSR count).